The number of fused-ring (bicyclic) bond motifs is 1. The fourth-order valence-electron chi connectivity index (χ4n) is 2.46. The molecule has 1 heterocycles. The number of amides is 1. The van der Waals surface area contributed by atoms with Gasteiger partial charge in [-0.05, 0) is 71.1 Å². The third-order valence-corrected chi connectivity index (χ3v) is 3.89. The maximum Gasteiger partial charge on any atom is 0.251 e. The van der Waals surface area contributed by atoms with E-state index in [9.17, 15) is 4.79 Å². The third-order valence-electron chi connectivity index (χ3n) is 3.89. The van der Waals surface area contributed by atoms with Crippen LogP contribution in [0.25, 0.3) is 10.9 Å². The second-order valence-electron chi connectivity index (χ2n) is 5.90. The first-order chi connectivity index (χ1) is 9.99. The lowest BCUT2D eigenvalue weighted by Gasteiger charge is -2.09. The quantitative estimate of drug-likeness (QED) is 0.803. The molecule has 0 atom stereocenters. The SMILES string of the molecule is Cc1[nH]c2ccc(C(=O)NCCCCN(C)C)cc2c1C. The van der Waals surface area contributed by atoms with Crippen molar-refractivity contribution in [2.24, 2.45) is 0 Å². The Morgan fingerprint density at radius 3 is 2.71 bits per heavy atom. The summed E-state index contributed by atoms with van der Waals surface area (Å²) in [5.74, 6) is 0.0139. The van der Waals surface area contributed by atoms with Crippen molar-refractivity contribution in [3.05, 3.63) is 35.0 Å². The molecule has 4 heteroatoms. The van der Waals surface area contributed by atoms with Gasteiger partial charge in [0.15, 0.2) is 0 Å². The van der Waals surface area contributed by atoms with E-state index < -0.39 is 0 Å². The Morgan fingerprint density at radius 1 is 1.24 bits per heavy atom. The predicted molar refractivity (Wildman–Crippen MR) is 87.9 cm³/mol. The van der Waals surface area contributed by atoms with Crippen LogP contribution in [0.15, 0.2) is 18.2 Å². The Labute approximate surface area is 126 Å². The lowest BCUT2D eigenvalue weighted by molar-refractivity contribution is 0.0953. The van der Waals surface area contributed by atoms with Crippen molar-refractivity contribution in [2.45, 2.75) is 26.7 Å². The standard InChI is InChI=1S/C17H25N3O/c1-12-13(2)19-16-8-7-14(11-15(12)16)17(21)18-9-5-6-10-20(3)4/h7-8,11,19H,5-6,9-10H2,1-4H3,(H,18,21). The van der Waals surface area contributed by atoms with E-state index in [0.29, 0.717) is 0 Å². The number of rotatable bonds is 6. The zero-order valence-corrected chi connectivity index (χ0v) is 13.4. The molecule has 1 aromatic heterocycles. The summed E-state index contributed by atoms with van der Waals surface area (Å²) in [7, 11) is 4.13. The van der Waals surface area contributed by atoms with E-state index in [0.717, 1.165) is 48.1 Å². The molecule has 2 N–H and O–H groups in total. The van der Waals surface area contributed by atoms with E-state index in [1.807, 2.05) is 18.2 Å². The molecule has 0 spiro atoms. The molecule has 1 aromatic carbocycles. The molecule has 21 heavy (non-hydrogen) atoms. The molecule has 0 unspecified atom stereocenters. The number of aryl methyl sites for hydroxylation is 2. The number of carbonyl (C=O) groups excluding carboxylic acids is 1. The highest BCUT2D eigenvalue weighted by Crippen LogP contribution is 2.22. The molecular weight excluding hydrogens is 262 g/mol. The van der Waals surface area contributed by atoms with Crippen molar-refractivity contribution in [3.63, 3.8) is 0 Å². The molecule has 2 aromatic rings. The van der Waals surface area contributed by atoms with Crippen molar-refractivity contribution < 1.29 is 4.79 Å². The molecule has 0 saturated carbocycles. The lowest BCUT2D eigenvalue weighted by Crippen LogP contribution is -2.25. The van der Waals surface area contributed by atoms with Crippen LogP contribution in [-0.4, -0.2) is 43.0 Å². The summed E-state index contributed by atoms with van der Waals surface area (Å²) in [6.07, 6.45) is 2.11. The number of unbranched alkanes of at least 4 members (excludes halogenated alkanes) is 1. The predicted octanol–water partition coefficient (Wildman–Crippen LogP) is 2.86. The molecule has 1 amide bonds. The van der Waals surface area contributed by atoms with Gasteiger partial charge in [0.05, 0.1) is 0 Å². The lowest BCUT2D eigenvalue weighted by atomic mass is 10.1. The van der Waals surface area contributed by atoms with Gasteiger partial charge in [-0.3, -0.25) is 4.79 Å². The van der Waals surface area contributed by atoms with Gasteiger partial charge in [0, 0.05) is 28.7 Å². The summed E-state index contributed by atoms with van der Waals surface area (Å²) in [6.45, 7) is 5.93. The Hall–Kier alpha value is -1.81. The zero-order valence-electron chi connectivity index (χ0n) is 13.4. The summed E-state index contributed by atoms with van der Waals surface area (Å²) in [4.78, 5) is 17.7. The highest BCUT2D eigenvalue weighted by molar-refractivity contribution is 5.99. The number of nitrogens with zero attached hydrogens (tertiary/aromatic N) is 1. The van der Waals surface area contributed by atoms with Crippen LogP contribution >= 0.6 is 0 Å². The van der Waals surface area contributed by atoms with Crippen molar-refractivity contribution in [1.29, 1.82) is 0 Å². The van der Waals surface area contributed by atoms with E-state index in [-0.39, 0.29) is 5.91 Å². The molecule has 114 valence electrons. The fraction of sp³-hybridized carbons (Fsp3) is 0.471. The van der Waals surface area contributed by atoms with Crippen molar-refractivity contribution >= 4 is 16.8 Å². The molecule has 0 aliphatic heterocycles. The average Bonchev–Trinajstić information content (AvgIpc) is 2.73. The number of hydrogen-bond acceptors (Lipinski definition) is 2. The second-order valence-corrected chi connectivity index (χ2v) is 5.90. The molecular formula is C17H25N3O. The Bertz CT molecular complexity index is 628. The highest BCUT2D eigenvalue weighted by Gasteiger charge is 2.09. The molecule has 2 rings (SSSR count). The molecule has 4 nitrogen and oxygen atoms in total. The molecule has 0 aliphatic carbocycles. The maximum atomic E-state index is 12.2. The van der Waals surface area contributed by atoms with Gasteiger partial charge in [-0.15, -0.1) is 0 Å². The monoisotopic (exact) mass is 287 g/mol. The zero-order chi connectivity index (χ0) is 15.4. The Morgan fingerprint density at radius 2 is 2.00 bits per heavy atom. The van der Waals surface area contributed by atoms with Gasteiger partial charge in [-0.2, -0.15) is 0 Å². The fourth-order valence-corrected chi connectivity index (χ4v) is 2.46. The van der Waals surface area contributed by atoms with Crippen molar-refractivity contribution in [2.75, 3.05) is 27.2 Å². The maximum absolute atomic E-state index is 12.2. The summed E-state index contributed by atoms with van der Waals surface area (Å²) in [5, 5.41) is 4.13. The highest BCUT2D eigenvalue weighted by atomic mass is 16.1. The van der Waals surface area contributed by atoms with Crippen LogP contribution in [-0.2, 0) is 0 Å². The minimum atomic E-state index is 0.0139. The molecule has 0 bridgehead atoms. The van der Waals surface area contributed by atoms with Crippen LogP contribution in [0.1, 0.15) is 34.5 Å². The van der Waals surface area contributed by atoms with Gasteiger partial charge in [-0.25, -0.2) is 0 Å². The van der Waals surface area contributed by atoms with Gasteiger partial charge in [0.1, 0.15) is 0 Å². The van der Waals surface area contributed by atoms with Crippen LogP contribution in [0.5, 0.6) is 0 Å². The first-order valence-electron chi connectivity index (χ1n) is 7.51. The van der Waals surface area contributed by atoms with Gasteiger partial charge in [0.2, 0.25) is 0 Å². The van der Waals surface area contributed by atoms with Crippen LogP contribution in [0.4, 0.5) is 0 Å². The van der Waals surface area contributed by atoms with E-state index in [1.54, 1.807) is 0 Å². The van der Waals surface area contributed by atoms with Crippen LogP contribution in [0.3, 0.4) is 0 Å². The summed E-state index contributed by atoms with van der Waals surface area (Å²) >= 11 is 0. The van der Waals surface area contributed by atoms with Gasteiger partial charge >= 0.3 is 0 Å². The third kappa shape index (κ3) is 3.85. The average molecular weight is 287 g/mol. The summed E-state index contributed by atoms with van der Waals surface area (Å²) in [5.41, 5.74) is 4.20. The number of H-pyrrole nitrogens is 1. The smallest absolute Gasteiger partial charge is 0.251 e. The van der Waals surface area contributed by atoms with Gasteiger partial charge in [0.25, 0.3) is 5.91 Å². The first-order valence-corrected chi connectivity index (χ1v) is 7.51. The van der Waals surface area contributed by atoms with E-state index >= 15 is 0 Å². The minimum Gasteiger partial charge on any atom is -0.358 e. The number of hydrogen-bond donors (Lipinski definition) is 2. The molecule has 0 aliphatic rings. The van der Waals surface area contributed by atoms with Crippen molar-refractivity contribution in [3.8, 4) is 0 Å². The summed E-state index contributed by atoms with van der Waals surface area (Å²) < 4.78 is 0. The van der Waals surface area contributed by atoms with Crippen LogP contribution in [0, 0.1) is 13.8 Å². The van der Waals surface area contributed by atoms with E-state index in [2.05, 4.69) is 43.1 Å². The second kappa shape index (κ2) is 6.76. The first kappa shape index (κ1) is 15.6. The van der Waals surface area contributed by atoms with E-state index in [4.69, 9.17) is 0 Å². The Balaban J connectivity index is 1.95. The van der Waals surface area contributed by atoms with E-state index in [1.165, 1.54) is 5.56 Å². The Kier molecular flexibility index (Phi) is 5.02. The summed E-state index contributed by atoms with van der Waals surface area (Å²) in [6, 6.07) is 5.84. The number of aromatic nitrogens is 1. The minimum absolute atomic E-state index is 0.0139. The normalized spacial score (nSPS) is 11.3. The van der Waals surface area contributed by atoms with Crippen LogP contribution < -0.4 is 5.32 Å². The number of aromatic amines is 1. The number of carbonyl (C=O) groups is 1. The number of benzene rings is 1. The van der Waals surface area contributed by atoms with Gasteiger partial charge < -0.3 is 15.2 Å². The topological polar surface area (TPSA) is 48.1 Å². The molecule has 0 saturated heterocycles. The molecule has 0 fully saturated rings. The van der Waals surface area contributed by atoms with Gasteiger partial charge in [-0.1, -0.05) is 0 Å². The van der Waals surface area contributed by atoms with Crippen LogP contribution in [0.2, 0.25) is 0 Å². The van der Waals surface area contributed by atoms with Crippen molar-refractivity contribution in [1.82, 2.24) is 15.2 Å². The largest absolute Gasteiger partial charge is 0.358 e. The number of nitrogens with one attached hydrogen (secondary N) is 2. The molecule has 0 radical (unpaired) electrons.